The number of H-pyrrole nitrogens is 1. The van der Waals surface area contributed by atoms with Gasteiger partial charge >= 0.3 is 12.4 Å². The predicted molar refractivity (Wildman–Crippen MR) is 87.1 cm³/mol. The van der Waals surface area contributed by atoms with E-state index in [2.05, 4.69) is 15.0 Å². The molecule has 0 aliphatic rings. The van der Waals surface area contributed by atoms with Gasteiger partial charge in [-0.15, -0.1) is 0 Å². The second-order valence-corrected chi connectivity index (χ2v) is 8.06. The van der Waals surface area contributed by atoms with Crippen molar-refractivity contribution >= 4 is 20.9 Å². The van der Waals surface area contributed by atoms with Crippen LogP contribution in [0.25, 0.3) is 22.4 Å². The molecule has 0 atom stereocenters. The lowest BCUT2D eigenvalue weighted by Crippen LogP contribution is -2.12. The number of rotatable bonds is 3. The molecular weight excluding hydrogens is 412 g/mol. The summed E-state index contributed by atoms with van der Waals surface area (Å²) in [6.45, 7) is 1.25. The van der Waals surface area contributed by atoms with Crippen LogP contribution < -0.4 is 0 Å². The molecule has 0 bridgehead atoms. The second kappa shape index (κ2) is 6.47. The highest BCUT2D eigenvalue weighted by Gasteiger charge is 2.34. The van der Waals surface area contributed by atoms with Crippen LogP contribution in [0.5, 0.6) is 0 Å². The summed E-state index contributed by atoms with van der Waals surface area (Å²) in [5, 5.41) is 0. The van der Waals surface area contributed by atoms with Crippen LogP contribution in [0.3, 0.4) is 0 Å². The zero-order valence-electron chi connectivity index (χ0n) is 14.0. The van der Waals surface area contributed by atoms with Crippen molar-refractivity contribution < 1.29 is 34.8 Å². The van der Waals surface area contributed by atoms with Gasteiger partial charge in [0, 0.05) is 12.4 Å². The Kier molecular flexibility index (Phi) is 4.64. The molecule has 3 heterocycles. The molecule has 3 rings (SSSR count). The number of hydrogen-bond donors (Lipinski definition) is 1. The summed E-state index contributed by atoms with van der Waals surface area (Å²) in [6, 6.07) is 2.45. The van der Waals surface area contributed by atoms with Crippen molar-refractivity contribution in [2.24, 2.45) is 0 Å². The fraction of sp³-hybridized carbons (Fsp3) is 0.250. The number of aromatic nitrogens is 3. The van der Waals surface area contributed by atoms with Crippen molar-refractivity contribution in [1.82, 2.24) is 15.0 Å². The quantitative estimate of drug-likeness (QED) is 0.632. The molecule has 0 fully saturated rings. The summed E-state index contributed by atoms with van der Waals surface area (Å²) in [6.07, 6.45) is -8.39. The molecule has 0 saturated heterocycles. The van der Waals surface area contributed by atoms with Crippen molar-refractivity contribution in [3.05, 3.63) is 41.7 Å². The summed E-state index contributed by atoms with van der Waals surface area (Å²) < 4.78 is 102. The van der Waals surface area contributed by atoms with Gasteiger partial charge in [-0.3, -0.25) is 9.97 Å². The molecule has 0 radical (unpaired) electrons. The fourth-order valence-corrected chi connectivity index (χ4v) is 3.56. The largest absolute Gasteiger partial charge is 0.417 e. The fourth-order valence-electron chi connectivity index (χ4n) is 2.49. The van der Waals surface area contributed by atoms with Crippen LogP contribution >= 0.6 is 0 Å². The number of alkyl halides is 6. The van der Waals surface area contributed by atoms with Crippen LogP contribution in [0.2, 0.25) is 0 Å². The summed E-state index contributed by atoms with van der Waals surface area (Å²) in [7, 11) is -4.11. The molecule has 1 N–H and O–H groups in total. The molecule has 0 saturated carbocycles. The van der Waals surface area contributed by atoms with Gasteiger partial charge in [0.2, 0.25) is 0 Å². The van der Waals surface area contributed by atoms with Crippen LogP contribution in [-0.2, 0) is 22.2 Å². The molecule has 0 unspecified atom stereocenters. The van der Waals surface area contributed by atoms with E-state index >= 15 is 0 Å². The summed E-state index contributed by atoms with van der Waals surface area (Å²) >= 11 is 0. The van der Waals surface area contributed by atoms with E-state index < -0.39 is 44.0 Å². The number of halogens is 6. The van der Waals surface area contributed by atoms with Gasteiger partial charge in [0.25, 0.3) is 0 Å². The monoisotopic (exact) mass is 423 g/mol. The minimum absolute atomic E-state index is 0.0635. The van der Waals surface area contributed by atoms with Gasteiger partial charge < -0.3 is 4.98 Å². The normalized spacial score (nSPS) is 13.2. The number of sulfone groups is 1. The van der Waals surface area contributed by atoms with Crippen LogP contribution in [0, 0.1) is 0 Å². The van der Waals surface area contributed by atoms with Crippen LogP contribution in [-0.4, -0.2) is 29.1 Å². The van der Waals surface area contributed by atoms with E-state index in [0.29, 0.717) is 18.5 Å². The summed E-state index contributed by atoms with van der Waals surface area (Å²) in [5.74, 6) is -0.486. The lowest BCUT2D eigenvalue weighted by atomic mass is 10.2. The van der Waals surface area contributed by atoms with Gasteiger partial charge in [0.1, 0.15) is 5.69 Å². The number of nitrogens with one attached hydrogen (secondary N) is 1. The second-order valence-electron chi connectivity index (χ2n) is 5.81. The molecule has 0 amide bonds. The molecule has 0 aliphatic heterocycles. The molecule has 3 aromatic rings. The molecule has 0 aliphatic carbocycles. The van der Waals surface area contributed by atoms with Gasteiger partial charge in [0.05, 0.1) is 38.5 Å². The van der Waals surface area contributed by atoms with E-state index in [9.17, 15) is 34.8 Å². The Labute approximate surface area is 154 Å². The third kappa shape index (κ3) is 3.68. The SMILES string of the molecule is CCS(=O)(=O)c1cc(C(F)(F)F)cnc1-c1cc2ncc(C(F)(F)F)cc2[nH]1. The average molecular weight is 423 g/mol. The highest BCUT2D eigenvalue weighted by Crippen LogP contribution is 2.35. The minimum atomic E-state index is -4.81. The number of pyridine rings is 2. The smallest absolute Gasteiger partial charge is 0.352 e. The van der Waals surface area contributed by atoms with Crippen molar-refractivity contribution in [3.8, 4) is 11.4 Å². The van der Waals surface area contributed by atoms with Crippen molar-refractivity contribution in [2.45, 2.75) is 24.2 Å². The predicted octanol–water partition coefficient (Wildman–Crippen LogP) is 4.46. The van der Waals surface area contributed by atoms with Crippen LogP contribution in [0.15, 0.2) is 35.5 Å². The summed E-state index contributed by atoms with van der Waals surface area (Å²) in [5.41, 5.74) is -2.67. The Bertz CT molecular complexity index is 1150. The number of nitrogens with zero attached hydrogens (tertiary/aromatic N) is 2. The number of fused-ring (bicyclic) bond motifs is 1. The Balaban J connectivity index is 2.23. The topological polar surface area (TPSA) is 75.7 Å². The first-order chi connectivity index (χ1) is 12.8. The van der Waals surface area contributed by atoms with E-state index in [0.717, 1.165) is 6.07 Å². The molecule has 28 heavy (non-hydrogen) atoms. The third-order valence-corrected chi connectivity index (χ3v) is 5.69. The first-order valence-electron chi connectivity index (χ1n) is 7.69. The van der Waals surface area contributed by atoms with Gasteiger partial charge in [-0.05, 0) is 18.2 Å². The zero-order valence-corrected chi connectivity index (χ0v) is 14.8. The molecular formula is C16H11F6N3O2S. The zero-order chi connectivity index (χ0) is 20.9. The first kappa shape index (κ1) is 20.1. The third-order valence-electron chi connectivity index (χ3n) is 3.95. The highest BCUT2D eigenvalue weighted by molar-refractivity contribution is 7.91. The molecule has 0 spiro atoms. The van der Waals surface area contributed by atoms with E-state index in [1.54, 1.807) is 0 Å². The lowest BCUT2D eigenvalue weighted by Gasteiger charge is -2.11. The van der Waals surface area contributed by atoms with E-state index in [1.165, 1.54) is 13.0 Å². The Hall–Kier alpha value is -2.63. The first-order valence-corrected chi connectivity index (χ1v) is 9.34. The van der Waals surface area contributed by atoms with Gasteiger partial charge in [-0.1, -0.05) is 6.92 Å². The van der Waals surface area contributed by atoms with Crippen molar-refractivity contribution in [1.29, 1.82) is 0 Å². The molecule has 3 aromatic heterocycles. The van der Waals surface area contributed by atoms with E-state index in [4.69, 9.17) is 0 Å². The number of hydrogen-bond acceptors (Lipinski definition) is 4. The summed E-state index contributed by atoms with van der Waals surface area (Å²) in [4.78, 5) is 9.14. The standard InChI is InChI=1S/C16H11F6N3O2S/c1-2-28(26,27)13-4-9(16(20,21)22)7-24-14(13)12-5-10-11(25-12)3-8(6-23-10)15(17,18)19/h3-7,25H,2H2,1H3. The number of aromatic amines is 1. The van der Waals surface area contributed by atoms with Gasteiger partial charge in [-0.25, -0.2) is 8.42 Å². The molecule has 12 heteroatoms. The minimum Gasteiger partial charge on any atom is -0.352 e. The average Bonchev–Trinajstić information content (AvgIpc) is 3.02. The molecule has 0 aromatic carbocycles. The maximum atomic E-state index is 13.0. The lowest BCUT2D eigenvalue weighted by molar-refractivity contribution is -0.138. The Morgan fingerprint density at radius 2 is 1.50 bits per heavy atom. The highest BCUT2D eigenvalue weighted by atomic mass is 32.2. The maximum Gasteiger partial charge on any atom is 0.417 e. The van der Waals surface area contributed by atoms with Crippen LogP contribution in [0.1, 0.15) is 18.1 Å². The van der Waals surface area contributed by atoms with Crippen LogP contribution in [0.4, 0.5) is 26.3 Å². The Morgan fingerprint density at radius 1 is 0.929 bits per heavy atom. The van der Waals surface area contributed by atoms with Gasteiger partial charge in [0.15, 0.2) is 9.84 Å². The molecule has 150 valence electrons. The maximum absolute atomic E-state index is 13.0. The molecule has 5 nitrogen and oxygen atoms in total. The van der Waals surface area contributed by atoms with Gasteiger partial charge in [-0.2, -0.15) is 26.3 Å². The van der Waals surface area contributed by atoms with E-state index in [-0.39, 0.29) is 22.4 Å². The van der Waals surface area contributed by atoms with E-state index in [1.807, 2.05) is 0 Å². The van der Waals surface area contributed by atoms with Crippen molar-refractivity contribution in [2.75, 3.05) is 5.75 Å². The Morgan fingerprint density at radius 3 is 2.07 bits per heavy atom. The van der Waals surface area contributed by atoms with Crippen molar-refractivity contribution in [3.63, 3.8) is 0 Å².